The van der Waals surface area contributed by atoms with Crippen LogP contribution in [0.4, 0.5) is 13.2 Å². The van der Waals surface area contributed by atoms with Gasteiger partial charge in [-0.2, -0.15) is 13.2 Å². The van der Waals surface area contributed by atoms with Crippen molar-refractivity contribution in [1.29, 1.82) is 5.41 Å². The van der Waals surface area contributed by atoms with Crippen LogP contribution < -0.4 is 5.73 Å². The van der Waals surface area contributed by atoms with Crippen LogP contribution >= 0.6 is 0 Å². The second-order valence-corrected chi connectivity index (χ2v) is 2.61. The quantitative estimate of drug-likeness (QED) is 0.481. The number of halogens is 3. The lowest BCUT2D eigenvalue weighted by atomic mass is 10.1. The maximum Gasteiger partial charge on any atom is 0.419 e. The first-order chi connectivity index (χ1) is 6.34. The van der Waals surface area contributed by atoms with Gasteiger partial charge in [0.1, 0.15) is 11.6 Å². The summed E-state index contributed by atoms with van der Waals surface area (Å²) in [5, 5.41) is 16.1. The van der Waals surface area contributed by atoms with E-state index in [4.69, 9.17) is 16.2 Å². The van der Waals surface area contributed by atoms with Gasteiger partial charge in [-0.3, -0.25) is 5.41 Å². The average Bonchev–Trinajstić information content (AvgIpc) is 2.01. The first-order valence-electron chi connectivity index (χ1n) is 3.57. The van der Waals surface area contributed by atoms with Crippen LogP contribution in [-0.4, -0.2) is 10.9 Å². The van der Waals surface area contributed by atoms with Crippen molar-refractivity contribution in [2.75, 3.05) is 0 Å². The SMILES string of the molecule is N=C(N)c1cccc(C(F)(F)F)c1O. The van der Waals surface area contributed by atoms with Gasteiger partial charge in [0.25, 0.3) is 0 Å². The van der Waals surface area contributed by atoms with Crippen molar-refractivity contribution in [3.63, 3.8) is 0 Å². The number of nitrogens with one attached hydrogen (secondary N) is 1. The van der Waals surface area contributed by atoms with E-state index in [1.165, 1.54) is 0 Å². The van der Waals surface area contributed by atoms with Crippen molar-refractivity contribution in [3.8, 4) is 5.75 Å². The van der Waals surface area contributed by atoms with E-state index in [1.54, 1.807) is 0 Å². The Morgan fingerprint density at radius 1 is 1.36 bits per heavy atom. The Morgan fingerprint density at radius 3 is 2.36 bits per heavy atom. The molecule has 1 aromatic rings. The van der Waals surface area contributed by atoms with Crippen LogP contribution in [0.15, 0.2) is 18.2 Å². The normalized spacial score (nSPS) is 11.4. The molecule has 76 valence electrons. The largest absolute Gasteiger partial charge is 0.507 e. The molecule has 0 amide bonds. The lowest BCUT2D eigenvalue weighted by Gasteiger charge is -2.11. The van der Waals surface area contributed by atoms with Crippen LogP contribution in [-0.2, 0) is 6.18 Å². The minimum absolute atomic E-state index is 0.320. The number of phenolic OH excluding ortho intramolecular Hbond substituents is 1. The summed E-state index contributed by atoms with van der Waals surface area (Å²) in [6, 6.07) is 2.95. The van der Waals surface area contributed by atoms with Gasteiger partial charge in [-0.25, -0.2) is 0 Å². The van der Waals surface area contributed by atoms with E-state index in [2.05, 4.69) is 0 Å². The minimum atomic E-state index is -4.64. The van der Waals surface area contributed by atoms with Crippen LogP contribution in [0, 0.1) is 5.41 Å². The van der Waals surface area contributed by atoms with Gasteiger partial charge in [0.05, 0.1) is 11.1 Å². The number of hydrogen-bond donors (Lipinski definition) is 3. The molecule has 1 rings (SSSR count). The monoisotopic (exact) mass is 204 g/mol. The van der Waals surface area contributed by atoms with E-state index in [-0.39, 0.29) is 5.56 Å². The number of hydrogen-bond acceptors (Lipinski definition) is 2. The summed E-state index contributed by atoms with van der Waals surface area (Å²) in [7, 11) is 0. The van der Waals surface area contributed by atoms with Gasteiger partial charge >= 0.3 is 6.18 Å². The molecule has 0 aliphatic carbocycles. The molecule has 0 aliphatic rings. The highest BCUT2D eigenvalue weighted by Crippen LogP contribution is 2.36. The topological polar surface area (TPSA) is 70.1 Å². The zero-order chi connectivity index (χ0) is 10.9. The van der Waals surface area contributed by atoms with E-state index >= 15 is 0 Å². The average molecular weight is 204 g/mol. The van der Waals surface area contributed by atoms with Gasteiger partial charge in [0.15, 0.2) is 0 Å². The zero-order valence-corrected chi connectivity index (χ0v) is 6.89. The molecule has 0 unspecified atom stereocenters. The third-order valence-electron chi connectivity index (χ3n) is 1.63. The molecular formula is C8H7F3N2O. The van der Waals surface area contributed by atoms with Crippen molar-refractivity contribution >= 4 is 5.84 Å². The molecule has 14 heavy (non-hydrogen) atoms. The summed E-state index contributed by atoms with van der Waals surface area (Å²) in [5.41, 5.74) is 3.47. The van der Waals surface area contributed by atoms with Crippen molar-refractivity contribution in [1.82, 2.24) is 0 Å². The molecule has 4 N–H and O–H groups in total. The maximum absolute atomic E-state index is 12.2. The highest BCUT2D eigenvalue weighted by atomic mass is 19.4. The molecule has 3 nitrogen and oxygen atoms in total. The molecule has 1 aromatic carbocycles. The number of phenols is 1. The minimum Gasteiger partial charge on any atom is -0.507 e. The predicted molar refractivity (Wildman–Crippen MR) is 44.1 cm³/mol. The van der Waals surface area contributed by atoms with Crippen molar-refractivity contribution in [2.24, 2.45) is 5.73 Å². The zero-order valence-electron chi connectivity index (χ0n) is 6.89. The summed E-state index contributed by atoms with van der Waals surface area (Å²) >= 11 is 0. The highest BCUT2D eigenvalue weighted by Gasteiger charge is 2.34. The van der Waals surface area contributed by atoms with Gasteiger partial charge in [-0.15, -0.1) is 0 Å². The second kappa shape index (κ2) is 3.21. The van der Waals surface area contributed by atoms with E-state index in [0.717, 1.165) is 18.2 Å². The van der Waals surface area contributed by atoms with Gasteiger partial charge in [0.2, 0.25) is 0 Å². The van der Waals surface area contributed by atoms with Crippen LogP contribution in [0.5, 0.6) is 5.75 Å². The number of aromatic hydroxyl groups is 1. The summed E-state index contributed by atoms with van der Waals surface area (Å²) in [5.74, 6) is -1.61. The van der Waals surface area contributed by atoms with Gasteiger partial charge in [-0.1, -0.05) is 6.07 Å². The van der Waals surface area contributed by atoms with Crippen LogP contribution in [0.1, 0.15) is 11.1 Å². The molecule has 0 aromatic heterocycles. The third-order valence-corrected chi connectivity index (χ3v) is 1.63. The number of rotatable bonds is 1. The van der Waals surface area contributed by atoms with Crippen molar-refractivity contribution in [2.45, 2.75) is 6.18 Å². The molecule has 0 spiro atoms. The van der Waals surface area contributed by atoms with Crippen LogP contribution in [0.2, 0.25) is 0 Å². The lowest BCUT2D eigenvalue weighted by molar-refractivity contribution is -0.138. The Kier molecular flexibility index (Phi) is 2.37. The summed E-state index contributed by atoms with van der Waals surface area (Å²) in [4.78, 5) is 0. The summed E-state index contributed by atoms with van der Waals surface area (Å²) < 4.78 is 36.7. The molecule has 0 aliphatic heterocycles. The fourth-order valence-electron chi connectivity index (χ4n) is 0.990. The first-order valence-corrected chi connectivity index (χ1v) is 3.57. The molecule has 0 saturated carbocycles. The van der Waals surface area contributed by atoms with Gasteiger partial charge < -0.3 is 10.8 Å². The number of benzene rings is 1. The fourth-order valence-corrected chi connectivity index (χ4v) is 0.990. The van der Waals surface area contributed by atoms with E-state index < -0.39 is 23.3 Å². The van der Waals surface area contributed by atoms with E-state index in [1.807, 2.05) is 0 Å². The molecule has 0 heterocycles. The van der Waals surface area contributed by atoms with Crippen molar-refractivity contribution < 1.29 is 18.3 Å². The molecule has 0 atom stereocenters. The molecule has 6 heteroatoms. The summed E-state index contributed by atoms with van der Waals surface area (Å²) in [6.07, 6.45) is -4.64. The third kappa shape index (κ3) is 1.78. The predicted octanol–water partition coefficient (Wildman–Crippen LogP) is 1.70. The highest BCUT2D eigenvalue weighted by molar-refractivity contribution is 5.97. The van der Waals surface area contributed by atoms with Crippen molar-refractivity contribution in [3.05, 3.63) is 29.3 Å². The van der Waals surface area contributed by atoms with E-state index in [0.29, 0.717) is 0 Å². The van der Waals surface area contributed by atoms with Gasteiger partial charge in [0, 0.05) is 0 Å². The Hall–Kier alpha value is -1.72. The smallest absolute Gasteiger partial charge is 0.419 e. The van der Waals surface area contributed by atoms with Crippen LogP contribution in [0.25, 0.3) is 0 Å². The number of para-hydroxylation sites is 1. The molecule has 0 fully saturated rings. The Bertz CT molecular complexity index is 373. The second-order valence-electron chi connectivity index (χ2n) is 2.61. The summed E-state index contributed by atoms with van der Waals surface area (Å²) in [6.45, 7) is 0. The Balaban J connectivity index is 3.35. The number of nitrogen functional groups attached to an aromatic ring is 1. The maximum atomic E-state index is 12.2. The van der Waals surface area contributed by atoms with Gasteiger partial charge in [-0.05, 0) is 12.1 Å². The number of amidine groups is 1. The first kappa shape index (κ1) is 10.4. The molecular weight excluding hydrogens is 197 g/mol. The van der Waals surface area contributed by atoms with Crippen LogP contribution in [0.3, 0.4) is 0 Å². The molecule has 0 saturated heterocycles. The molecule has 0 bridgehead atoms. The standard InChI is InChI=1S/C8H7F3N2O/c9-8(10,11)5-3-1-2-4(6(5)14)7(12)13/h1-3,14H,(H3,12,13). The molecule has 0 radical (unpaired) electrons. The fraction of sp³-hybridized carbons (Fsp3) is 0.125. The number of alkyl halides is 3. The Labute approximate surface area is 77.5 Å². The number of nitrogens with two attached hydrogens (primary N) is 1. The van der Waals surface area contributed by atoms with E-state index in [9.17, 15) is 13.2 Å². The lowest BCUT2D eigenvalue weighted by Crippen LogP contribution is -2.14. The Morgan fingerprint density at radius 2 is 1.93 bits per heavy atom.